The minimum absolute atomic E-state index is 0.187. The number of aromatic nitrogens is 4. The van der Waals surface area contributed by atoms with Crippen molar-refractivity contribution in [2.24, 2.45) is 0 Å². The lowest BCUT2D eigenvalue weighted by Crippen LogP contribution is -2.49. The predicted molar refractivity (Wildman–Crippen MR) is 110 cm³/mol. The Morgan fingerprint density at radius 1 is 1.07 bits per heavy atom. The molecule has 1 aromatic carbocycles. The third-order valence-corrected chi connectivity index (χ3v) is 5.35. The Hall–Kier alpha value is -3.03. The van der Waals surface area contributed by atoms with Crippen LogP contribution in [0.2, 0.25) is 0 Å². The summed E-state index contributed by atoms with van der Waals surface area (Å²) >= 11 is 0. The number of rotatable bonds is 4. The molecule has 0 radical (unpaired) electrons. The number of halogens is 1. The van der Waals surface area contributed by atoms with Crippen molar-refractivity contribution in [2.75, 3.05) is 31.1 Å². The number of aryl methyl sites for hydroxylation is 2. The molecular weight excluding hydrogens is 371 g/mol. The van der Waals surface area contributed by atoms with E-state index >= 15 is 0 Å². The number of hydrogen-bond acceptors (Lipinski definition) is 5. The van der Waals surface area contributed by atoms with Crippen LogP contribution in [0.25, 0.3) is 16.7 Å². The van der Waals surface area contributed by atoms with Crippen LogP contribution in [0.5, 0.6) is 0 Å². The summed E-state index contributed by atoms with van der Waals surface area (Å²) in [6.45, 7) is 8.68. The molecule has 29 heavy (non-hydrogen) atoms. The Labute approximate surface area is 169 Å². The molecule has 0 N–H and O–H groups in total. The van der Waals surface area contributed by atoms with Crippen LogP contribution in [-0.4, -0.2) is 56.7 Å². The molecule has 8 heteroatoms. The fourth-order valence-electron chi connectivity index (χ4n) is 3.75. The standard InChI is InChI=1S/C21H25FN6O/c1-4-17-23-20(27-12-10-26(11-13-27)18(29)5-2)19-14(3)25-28(21(19)24-17)16-8-6-15(22)7-9-16/h6-9H,4-5,10-13H2,1-3H3. The summed E-state index contributed by atoms with van der Waals surface area (Å²) in [5, 5.41) is 5.58. The largest absolute Gasteiger partial charge is 0.352 e. The number of fused-ring (bicyclic) bond motifs is 1. The zero-order valence-corrected chi connectivity index (χ0v) is 17.0. The lowest BCUT2D eigenvalue weighted by Gasteiger charge is -2.35. The lowest BCUT2D eigenvalue weighted by atomic mass is 10.2. The van der Waals surface area contributed by atoms with Gasteiger partial charge in [0.2, 0.25) is 5.91 Å². The van der Waals surface area contributed by atoms with Crippen LogP contribution in [0.1, 0.15) is 31.8 Å². The van der Waals surface area contributed by atoms with Gasteiger partial charge in [0.05, 0.1) is 16.8 Å². The van der Waals surface area contributed by atoms with Gasteiger partial charge in [0, 0.05) is 39.0 Å². The molecule has 1 amide bonds. The predicted octanol–water partition coefficient (Wildman–Crippen LogP) is 2.88. The van der Waals surface area contributed by atoms with Crippen molar-refractivity contribution in [1.82, 2.24) is 24.6 Å². The maximum Gasteiger partial charge on any atom is 0.222 e. The van der Waals surface area contributed by atoms with E-state index in [0.717, 1.165) is 47.1 Å². The van der Waals surface area contributed by atoms with Gasteiger partial charge in [0.1, 0.15) is 17.5 Å². The van der Waals surface area contributed by atoms with Crippen LogP contribution in [0.3, 0.4) is 0 Å². The number of benzene rings is 1. The molecule has 0 aliphatic carbocycles. The van der Waals surface area contributed by atoms with Gasteiger partial charge in [-0.3, -0.25) is 4.79 Å². The molecule has 0 bridgehead atoms. The Balaban J connectivity index is 1.77. The van der Waals surface area contributed by atoms with Crippen molar-refractivity contribution in [3.05, 3.63) is 41.6 Å². The molecule has 152 valence electrons. The number of nitrogens with zero attached hydrogens (tertiary/aromatic N) is 6. The Morgan fingerprint density at radius 3 is 2.38 bits per heavy atom. The van der Waals surface area contributed by atoms with Crippen molar-refractivity contribution < 1.29 is 9.18 Å². The van der Waals surface area contributed by atoms with E-state index in [1.54, 1.807) is 16.8 Å². The Bertz CT molecular complexity index is 1040. The molecule has 2 aromatic heterocycles. The highest BCUT2D eigenvalue weighted by molar-refractivity contribution is 5.91. The maximum absolute atomic E-state index is 13.4. The van der Waals surface area contributed by atoms with E-state index in [1.165, 1.54) is 12.1 Å². The highest BCUT2D eigenvalue weighted by atomic mass is 19.1. The molecule has 4 rings (SSSR count). The van der Waals surface area contributed by atoms with Crippen LogP contribution in [0.15, 0.2) is 24.3 Å². The number of anilines is 1. The van der Waals surface area contributed by atoms with Crippen molar-refractivity contribution in [1.29, 1.82) is 0 Å². The highest BCUT2D eigenvalue weighted by Gasteiger charge is 2.25. The number of carbonyl (C=O) groups excluding carboxylic acids is 1. The van der Waals surface area contributed by atoms with E-state index in [2.05, 4.69) is 10.00 Å². The Kier molecular flexibility index (Phi) is 5.17. The first-order chi connectivity index (χ1) is 14.0. The average molecular weight is 396 g/mol. The SMILES string of the molecule is CCC(=O)N1CCN(c2nc(CC)nc3c2c(C)nn3-c2ccc(F)cc2)CC1. The number of hydrogen-bond donors (Lipinski definition) is 0. The second-order valence-electron chi connectivity index (χ2n) is 7.21. The molecule has 0 unspecified atom stereocenters. The minimum atomic E-state index is -0.286. The molecular formula is C21H25FN6O. The first-order valence-corrected chi connectivity index (χ1v) is 10.1. The summed E-state index contributed by atoms with van der Waals surface area (Å²) in [5.41, 5.74) is 2.31. The molecule has 0 spiro atoms. The van der Waals surface area contributed by atoms with E-state index in [9.17, 15) is 9.18 Å². The van der Waals surface area contributed by atoms with E-state index in [1.807, 2.05) is 25.7 Å². The zero-order valence-electron chi connectivity index (χ0n) is 17.0. The maximum atomic E-state index is 13.4. The zero-order chi connectivity index (χ0) is 20.5. The topological polar surface area (TPSA) is 67.2 Å². The van der Waals surface area contributed by atoms with Crippen molar-refractivity contribution in [3.8, 4) is 5.69 Å². The van der Waals surface area contributed by atoms with E-state index in [4.69, 9.17) is 9.97 Å². The first kappa shape index (κ1) is 19.3. The molecule has 3 aromatic rings. The summed E-state index contributed by atoms with van der Waals surface area (Å²) in [6, 6.07) is 6.24. The summed E-state index contributed by atoms with van der Waals surface area (Å²) in [4.78, 5) is 25.7. The second-order valence-corrected chi connectivity index (χ2v) is 7.21. The van der Waals surface area contributed by atoms with Gasteiger partial charge in [-0.05, 0) is 31.2 Å². The minimum Gasteiger partial charge on any atom is -0.352 e. The molecule has 0 atom stereocenters. The van der Waals surface area contributed by atoms with Crippen LogP contribution < -0.4 is 4.90 Å². The van der Waals surface area contributed by atoms with Crippen LogP contribution in [0.4, 0.5) is 10.2 Å². The third-order valence-electron chi connectivity index (χ3n) is 5.35. The first-order valence-electron chi connectivity index (χ1n) is 10.1. The van der Waals surface area contributed by atoms with Gasteiger partial charge in [-0.1, -0.05) is 13.8 Å². The fraction of sp³-hybridized carbons (Fsp3) is 0.429. The van der Waals surface area contributed by atoms with Crippen LogP contribution in [0, 0.1) is 12.7 Å². The molecule has 1 aliphatic rings. The number of carbonyl (C=O) groups is 1. The summed E-state index contributed by atoms with van der Waals surface area (Å²) in [5.74, 6) is 1.50. The number of amides is 1. The fourth-order valence-corrected chi connectivity index (χ4v) is 3.75. The van der Waals surface area contributed by atoms with Crippen molar-refractivity contribution in [3.63, 3.8) is 0 Å². The summed E-state index contributed by atoms with van der Waals surface area (Å²) < 4.78 is 15.1. The van der Waals surface area contributed by atoms with Gasteiger partial charge in [-0.15, -0.1) is 0 Å². The smallest absolute Gasteiger partial charge is 0.222 e. The monoisotopic (exact) mass is 396 g/mol. The average Bonchev–Trinajstić information content (AvgIpc) is 3.09. The highest BCUT2D eigenvalue weighted by Crippen LogP contribution is 2.29. The molecule has 1 saturated heterocycles. The van der Waals surface area contributed by atoms with Gasteiger partial charge in [-0.2, -0.15) is 5.10 Å². The molecule has 1 fully saturated rings. The van der Waals surface area contributed by atoms with E-state index < -0.39 is 0 Å². The Morgan fingerprint density at radius 2 is 1.76 bits per heavy atom. The third kappa shape index (κ3) is 3.54. The molecule has 3 heterocycles. The van der Waals surface area contributed by atoms with Gasteiger partial charge in [0.15, 0.2) is 5.65 Å². The van der Waals surface area contributed by atoms with Gasteiger partial charge in [0.25, 0.3) is 0 Å². The van der Waals surface area contributed by atoms with E-state index in [0.29, 0.717) is 25.9 Å². The summed E-state index contributed by atoms with van der Waals surface area (Å²) in [6.07, 6.45) is 1.23. The van der Waals surface area contributed by atoms with Gasteiger partial charge in [-0.25, -0.2) is 19.0 Å². The van der Waals surface area contributed by atoms with Crippen molar-refractivity contribution in [2.45, 2.75) is 33.6 Å². The van der Waals surface area contributed by atoms with Crippen molar-refractivity contribution >= 4 is 22.8 Å². The van der Waals surface area contributed by atoms with E-state index in [-0.39, 0.29) is 11.7 Å². The quantitative estimate of drug-likeness (QED) is 0.678. The van der Waals surface area contributed by atoms with Crippen LogP contribution in [-0.2, 0) is 11.2 Å². The summed E-state index contributed by atoms with van der Waals surface area (Å²) in [7, 11) is 0. The normalized spacial score (nSPS) is 14.6. The van der Waals surface area contributed by atoms with Gasteiger partial charge >= 0.3 is 0 Å². The lowest BCUT2D eigenvalue weighted by molar-refractivity contribution is -0.131. The molecule has 0 saturated carbocycles. The molecule has 1 aliphatic heterocycles. The van der Waals surface area contributed by atoms with Crippen LogP contribution >= 0.6 is 0 Å². The van der Waals surface area contributed by atoms with Gasteiger partial charge < -0.3 is 9.80 Å². The number of piperazine rings is 1. The second kappa shape index (κ2) is 7.77. The molecule has 7 nitrogen and oxygen atoms in total.